The molecule has 0 spiro atoms. The Morgan fingerprint density at radius 3 is 2.34 bits per heavy atom. The van der Waals surface area contributed by atoms with Crippen molar-refractivity contribution >= 4 is 29.2 Å². The predicted octanol–water partition coefficient (Wildman–Crippen LogP) is 6.80. The molecule has 6 heteroatoms. The second-order valence-corrected chi connectivity index (χ2v) is 9.12. The third-order valence-corrected chi connectivity index (χ3v) is 6.37. The zero-order valence-corrected chi connectivity index (χ0v) is 20.9. The van der Waals surface area contributed by atoms with Crippen LogP contribution < -0.4 is 14.8 Å². The van der Waals surface area contributed by atoms with Crippen LogP contribution in [0.5, 0.6) is 5.75 Å². The molecule has 0 aliphatic carbocycles. The normalized spacial score (nSPS) is 10.5. The Bertz CT molecular complexity index is 1290. The number of benzene rings is 4. The number of ether oxygens (including phenoxy) is 1. The SMILES string of the molecule is COc1ccc(-c2cccc(C(=O)N(C)C)c2)cc1SNc1cccc(NCc2ccccc2)c1. The van der Waals surface area contributed by atoms with E-state index in [-0.39, 0.29) is 5.91 Å². The molecule has 35 heavy (non-hydrogen) atoms. The van der Waals surface area contributed by atoms with Crippen LogP contribution >= 0.6 is 11.9 Å². The Morgan fingerprint density at radius 2 is 1.57 bits per heavy atom. The highest BCUT2D eigenvalue weighted by Gasteiger charge is 2.11. The van der Waals surface area contributed by atoms with Gasteiger partial charge in [0, 0.05) is 37.6 Å². The second-order valence-electron chi connectivity index (χ2n) is 8.27. The predicted molar refractivity (Wildman–Crippen MR) is 146 cm³/mol. The van der Waals surface area contributed by atoms with E-state index in [1.54, 1.807) is 26.1 Å². The largest absolute Gasteiger partial charge is 0.496 e. The highest BCUT2D eigenvalue weighted by atomic mass is 32.2. The van der Waals surface area contributed by atoms with Crippen LogP contribution in [0.15, 0.2) is 102 Å². The van der Waals surface area contributed by atoms with Gasteiger partial charge in [-0.25, -0.2) is 0 Å². The van der Waals surface area contributed by atoms with Crippen molar-refractivity contribution in [2.75, 3.05) is 31.2 Å². The van der Waals surface area contributed by atoms with Crippen molar-refractivity contribution in [3.05, 3.63) is 108 Å². The van der Waals surface area contributed by atoms with Gasteiger partial charge in [-0.1, -0.05) is 54.6 Å². The molecule has 0 bridgehead atoms. The first-order valence-electron chi connectivity index (χ1n) is 11.3. The summed E-state index contributed by atoms with van der Waals surface area (Å²) in [6, 6.07) is 32.3. The molecule has 0 aromatic heterocycles. The number of methoxy groups -OCH3 is 1. The molecular weight excluding hydrogens is 454 g/mol. The lowest BCUT2D eigenvalue weighted by Crippen LogP contribution is -2.21. The third-order valence-electron chi connectivity index (χ3n) is 5.49. The summed E-state index contributed by atoms with van der Waals surface area (Å²) in [5.41, 5.74) is 5.92. The average Bonchev–Trinajstić information content (AvgIpc) is 2.91. The summed E-state index contributed by atoms with van der Waals surface area (Å²) in [5.74, 6) is 0.766. The second kappa shape index (κ2) is 11.5. The Kier molecular flexibility index (Phi) is 7.95. The van der Waals surface area contributed by atoms with Gasteiger partial charge in [0.15, 0.2) is 0 Å². The topological polar surface area (TPSA) is 53.6 Å². The first-order chi connectivity index (χ1) is 17.0. The molecule has 0 aliphatic heterocycles. The van der Waals surface area contributed by atoms with Gasteiger partial charge in [-0.05, 0) is 71.1 Å². The van der Waals surface area contributed by atoms with Gasteiger partial charge < -0.3 is 19.7 Å². The zero-order valence-electron chi connectivity index (χ0n) is 20.1. The number of hydrogen-bond donors (Lipinski definition) is 2. The molecule has 0 unspecified atom stereocenters. The molecule has 0 heterocycles. The average molecular weight is 484 g/mol. The van der Waals surface area contributed by atoms with E-state index < -0.39 is 0 Å². The van der Waals surface area contributed by atoms with Crippen LogP contribution in [-0.2, 0) is 6.54 Å². The maximum atomic E-state index is 12.4. The van der Waals surface area contributed by atoms with Gasteiger partial charge in [0.25, 0.3) is 5.91 Å². The highest BCUT2D eigenvalue weighted by Crippen LogP contribution is 2.35. The smallest absolute Gasteiger partial charge is 0.253 e. The fourth-order valence-corrected chi connectivity index (χ4v) is 4.43. The van der Waals surface area contributed by atoms with E-state index in [9.17, 15) is 4.79 Å². The summed E-state index contributed by atoms with van der Waals surface area (Å²) in [5, 5.41) is 3.47. The molecule has 0 aliphatic rings. The minimum Gasteiger partial charge on any atom is -0.496 e. The standard InChI is InChI=1S/C29H29N3O2S/c1-32(2)29(33)24-12-7-11-22(17-24)23-15-16-27(34-3)28(18-23)35-31-26-14-8-13-25(19-26)30-20-21-9-5-4-6-10-21/h4-19,30-31H,20H2,1-3H3. The molecular formula is C29H29N3O2S. The number of nitrogens with one attached hydrogen (secondary N) is 2. The highest BCUT2D eigenvalue weighted by molar-refractivity contribution is 8.00. The Labute approximate surface area is 211 Å². The number of amides is 1. The van der Waals surface area contributed by atoms with E-state index in [2.05, 4.69) is 40.4 Å². The van der Waals surface area contributed by atoms with Crippen molar-refractivity contribution < 1.29 is 9.53 Å². The van der Waals surface area contributed by atoms with Crippen molar-refractivity contribution in [2.45, 2.75) is 11.4 Å². The molecule has 1 amide bonds. The lowest BCUT2D eigenvalue weighted by molar-refractivity contribution is 0.0827. The number of anilines is 2. The van der Waals surface area contributed by atoms with Crippen LogP contribution in [0.1, 0.15) is 15.9 Å². The van der Waals surface area contributed by atoms with Crippen molar-refractivity contribution in [1.82, 2.24) is 4.90 Å². The van der Waals surface area contributed by atoms with Crippen LogP contribution in [0.25, 0.3) is 11.1 Å². The fraction of sp³-hybridized carbons (Fsp3) is 0.138. The van der Waals surface area contributed by atoms with Gasteiger partial charge in [0.05, 0.1) is 12.0 Å². The first-order valence-corrected chi connectivity index (χ1v) is 12.2. The Hall–Kier alpha value is -3.90. The molecule has 0 saturated carbocycles. The van der Waals surface area contributed by atoms with Crippen LogP contribution in [0.2, 0.25) is 0 Å². The van der Waals surface area contributed by atoms with Crippen LogP contribution in [-0.4, -0.2) is 32.0 Å². The molecule has 4 rings (SSSR count). The number of carbonyl (C=O) groups excluding carboxylic acids is 1. The molecule has 0 saturated heterocycles. The fourth-order valence-electron chi connectivity index (χ4n) is 3.63. The molecule has 0 atom stereocenters. The zero-order chi connectivity index (χ0) is 24.6. The van der Waals surface area contributed by atoms with Gasteiger partial charge in [-0.2, -0.15) is 0 Å². The number of carbonyl (C=O) groups is 1. The molecule has 2 N–H and O–H groups in total. The minimum absolute atomic E-state index is 0.0163. The van der Waals surface area contributed by atoms with E-state index >= 15 is 0 Å². The van der Waals surface area contributed by atoms with Crippen molar-refractivity contribution in [3.8, 4) is 16.9 Å². The summed E-state index contributed by atoms with van der Waals surface area (Å²) in [4.78, 5) is 14.9. The van der Waals surface area contributed by atoms with E-state index in [1.807, 2.05) is 66.7 Å². The number of rotatable bonds is 9. The van der Waals surface area contributed by atoms with Crippen LogP contribution in [0.3, 0.4) is 0 Å². The van der Waals surface area contributed by atoms with Gasteiger partial charge >= 0.3 is 0 Å². The summed E-state index contributed by atoms with van der Waals surface area (Å²) in [6.45, 7) is 0.767. The van der Waals surface area contributed by atoms with Crippen molar-refractivity contribution in [1.29, 1.82) is 0 Å². The van der Waals surface area contributed by atoms with Gasteiger partial charge in [0.1, 0.15) is 5.75 Å². The Morgan fingerprint density at radius 1 is 0.829 bits per heavy atom. The third kappa shape index (κ3) is 6.37. The van der Waals surface area contributed by atoms with E-state index in [4.69, 9.17) is 4.74 Å². The minimum atomic E-state index is -0.0163. The van der Waals surface area contributed by atoms with Gasteiger partial charge in [-0.3, -0.25) is 4.79 Å². The summed E-state index contributed by atoms with van der Waals surface area (Å²) in [6.07, 6.45) is 0. The summed E-state index contributed by atoms with van der Waals surface area (Å²) in [7, 11) is 5.19. The first kappa shape index (κ1) is 24.2. The van der Waals surface area contributed by atoms with Crippen molar-refractivity contribution in [2.24, 2.45) is 0 Å². The van der Waals surface area contributed by atoms with Crippen molar-refractivity contribution in [3.63, 3.8) is 0 Å². The maximum Gasteiger partial charge on any atom is 0.253 e. The molecule has 5 nitrogen and oxygen atoms in total. The maximum absolute atomic E-state index is 12.4. The lowest BCUT2D eigenvalue weighted by atomic mass is 10.0. The number of hydrogen-bond acceptors (Lipinski definition) is 5. The number of nitrogens with zero attached hydrogens (tertiary/aromatic N) is 1. The molecule has 0 radical (unpaired) electrons. The van der Waals surface area contributed by atoms with Crippen LogP contribution in [0, 0.1) is 0 Å². The summed E-state index contributed by atoms with van der Waals surface area (Å²) < 4.78 is 9.03. The monoisotopic (exact) mass is 483 g/mol. The molecule has 4 aromatic carbocycles. The van der Waals surface area contributed by atoms with E-state index in [1.165, 1.54) is 17.5 Å². The molecule has 4 aromatic rings. The van der Waals surface area contributed by atoms with E-state index in [0.29, 0.717) is 5.56 Å². The Balaban J connectivity index is 1.48. The molecule has 178 valence electrons. The molecule has 0 fully saturated rings. The quantitative estimate of drug-likeness (QED) is 0.257. The van der Waals surface area contributed by atoms with Gasteiger partial charge in [0.2, 0.25) is 0 Å². The lowest BCUT2D eigenvalue weighted by Gasteiger charge is -2.14. The summed E-state index contributed by atoms with van der Waals surface area (Å²) >= 11 is 1.49. The van der Waals surface area contributed by atoms with E-state index in [0.717, 1.165) is 39.7 Å². The van der Waals surface area contributed by atoms with Crippen LogP contribution in [0.4, 0.5) is 11.4 Å². The van der Waals surface area contributed by atoms with Gasteiger partial charge in [-0.15, -0.1) is 0 Å².